The lowest BCUT2D eigenvalue weighted by molar-refractivity contribution is 0.478. The molecule has 0 saturated carbocycles. The van der Waals surface area contributed by atoms with Crippen LogP contribution in [0.2, 0.25) is 0 Å². The molecule has 7 nitrogen and oxygen atoms in total. The maximum absolute atomic E-state index is 13.3. The van der Waals surface area contributed by atoms with Crippen molar-refractivity contribution in [1.82, 2.24) is 18.9 Å². The third kappa shape index (κ3) is 2.98. The lowest BCUT2D eigenvalue weighted by atomic mass is 10.1. The van der Waals surface area contributed by atoms with Gasteiger partial charge >= 0.3 is 5.69 Å². The zero-order valence-corrected chi connectivity index (χ0v) is 16.2. The van der Waals surface area contributed by atoms with Crippen molar-refractivity contribution in [2.75, 3.05) is 0 Å². The Kier molecular flexibility index (Phi) is 4.50. The molecule has 0 atom stereocenters. The maximum atomic E-state index is 13.3. The fourth-order valence-electron chi connectivity index (χ4n) is 3.51. The minimum atomic E-state index is -0.367. The molecular weight excluding hydrogens is 356 g/mol. The number of furan rings is 1. The first kappa shape index (κ1) is 18.0. The predicted molar refractivity (Wildman–Crippen MR) is 107 cm³/mol. The average Bonchev–Trinajstić information content (AvgIpc) is 3.31. The monoisotopic (exact) mass is 378 g/mol. The van der Waals surface area contributed by atoms with Gasteiger partial charge in [-0.1, -0.05) is 29.8 Å². The second-order valence-corrected chi connectivity index (χ2v) is 6.92. The van der Waals surface area contributed by atoms with E-state index in [0.717, 1.165) is 11.1 Å². The molecule has 0 fully saturated rings. The summed E-state index contributed by atoms with van der Waals surface area (Å²) in [4.78, 5) is 26.5. The van der Waals surface area contributed by atoms with Crippen molar-refractivity contribution in [1.29, 1.82) is 0 Å². The zero-order chi connectivity index (χ0) is 19.8. The van der Waals surface area contributed by atoms with Gasteiger partial charge < -0.3 is 4.42 Å². The van der Waals surface area contributed by atoms with Crippen LogP contribution in [-0.4, -0.2) is 18.9 Å². The van der Waals surface area contributed by atoms with Crippen LogP contribution >= 0.6 is 0 Å². The molecule has 3 aromatic heterocycles. The van der Waals surface area contributed by atoms with E-state index in [1.807, 2.05) is 45.0 Å². The Morgan fingerprint density at radius 3 is 2.36 bits per heavy atom. The molecule has 0 aliphatic heterocycles. The molecule has 28 heavy (non-hydrogen) atoms. The number of hydrogen-bond donors (Lipinski definition) is 0. The van der Waals surface area contributed by atoms with E-state index in [2.05, 4.69) is 5.10 Å². The summed E-state index contributed by atoms with van der Waals surface area (Å²) in [5, 5.41) is 4.48. The van der Waals surface area contributed by atoms with Crippen LogP contribution < -0.4 is 11.2 Å². The fourth-order valence-corrected chi connectivity index (χ4v) is 3.51. The Balaban J connectivity index is 1.98. The van der Waals surface area contributed by atoms with Crippen molar-refractivity contribution < 1.29 is 4.42 Å². The van der Waals surface area contributed by atoms with E-state index >= 15 is 0 Å². The van der Waals surface area contributed by atoms with E-state index in [1.165, 1.54) is 10.8 Å². The van der Waals surface area contributed by atoms with Gasteiger partial charge in [0.15, 0.2) is 5.52 Å². The number of benzene rings is 1. The molecule has 0 N–H and O–H groups in total. The molecule has 0 saturated heterocycles. The van der Waals surface area contributed by atoms with Crippen molar-refractivity contribution in [2.45, 2.75) is 40.4 Å². The van der Waals surface area contributed by atoms with Gasteiger partial charge in [-0.05, 0) is 38.5 Å². The molecule has 0 aliphatic carbocycles. The van der Waals surface area contributed by atoms with Gasteiger partial charge in [0, 0.05) is 6.54 Å². The van der Waals surface area contributed by atoms with Gasteiger partial charge in [0.05, 0.1) is 30.6 Å². The number of rotatable bonds is 5. The largest absolute Gasteiger partial charge is 0.467 e. The number of hydrogen-bond acceptors (Lipinski definition) is 4. The van der Waals surface area contributed by atoms with Gasteiger partial charge in [-0.2, -0.15) is 5.10 Å². The van der Waals surface area contributed by atoms with Crippen LogP contribution in [0.3, 0.4) is 0 Å². The van der Waals surface area contributed by atoms with E-state index in [-0.39, 0.29) is 17.8 Å². The summed E-state index contributed by atoms with van der Waals surface area (Å²) < 4.78 is 9.89. The van der Waals surface area contributed by atoms with Gasteiger partial charge in [0.25, 0.3) is 5.56 Å². The standard InChI is InChI=1S/C21H22N4O3/c1-4-25-19-18(15(3)22-25)23(12-16-9-7-14(2)8-10-16)21(27)24(20(19)26)13-17-6-5-11-28-17/h5-11H,4,12-13H2,1-3H3. The second-order valence-electron chi connectivity index (χ2n) is 6.92. The molecule has 0 spiro atoms. The lowest BCUT2D eigenvalue weighted by Crippen LogP contribution is -2.41. The first-order valence-electron chi connectivity index (χ1n) is 9.28. The fraction of sp³-hybridized carbons (Fsp3) is 0.286. The molecule has 0 unspecified atom stereocenters. The average molecular weight is 378 g/mol. The van der Waals surface area contributed by atoms with E-state index in [0.29, 0.717) is 35.6 Å². The molecule has 4 rings (SSSR count). The summed E-state index contributed by atoms with van der Waals surface area (Å²) in [6, 6.07) is 11.5. The molecule has 4 aromatic rings. The van der Waals surface area contributed by atoms with Gasteiger partial charge in [-0.25, -0.2) is 4.79 Å². The van der Waals surface area contributed by atoms with Gasteiger partial charge in [0.1, 0.15) is 5.76 Å². The van der Waals surface area contributed by atoms with Gasteiger partial charge in [-0.3, -0.25) is 18.6 Å². The van der Waals surface area contributed by atoms with E-state index in [4.69, 9.17) is 4.42 Å². The van der Waals surface area contributed by atoms with Crippen molar-refractivity contribution in [2.24, 2.45) is 0 Å². The normalized spacial score (nSPS) is 11.4. The molecule has 0 radical (unpaired) electrons. The Morgan fingerprint density at radius 1 is 0.964 bits per heavy atom. The number of fused-ring (bicyclic) bond motifs is 1. The van der Waals surface area contributed by atoms with Crippen LogP contribution in [0.25, 0.3) is 11.0 Å². The zero-order valence-electron chi connectivity index (χ0n) is 16.2. The Morgan fingerprint density at radius 2 is 1.71 bits per heavy atom. The molecular formula is C21H22N4O3. The SMILES string of the molecule is CCn1nc(C)c2c1c(=O)n(Cc1ccco1)c(=O)n2Cc1ccc(C)cc1. The maximum Gasteiger partial charge on any atom is 0.332 e. The molecule has 0 aliphatic rings. The van der Waals surface area contributed by atoms with Crippen LogP contribution in [-0.2, 0) is 19.6 Å². The predicted octanol–water partition coefficient (Wildman–Crippen LogP) is 2.69. The molecule has 0 bridgehead atoms. The number of aryl methyl sites for hydroxylation is 3. The smallest absolute Gasteiger partial charge is 0.332 e. The topological polar surface area (TPSA) is 75.0 Å². The van der Waals surface area contributed by atoms with Gasteiger partial charge in [-0.15, -0.1) is 0 Å². The van der Waals surface area contributed by atoms with E-state index in [9.17, 15) is 9.59 Å². The summed E-state index contributed by atoms with van der Waals surface area (Å²) in [5.74, 6) is 0.555. The summed E-state index contributed by atoms with van der Waals surface area (Å²) in [7, 11) is 0. The highest BCUT2D eigenvalue weighted by Gasteiger charge is 2.20. The first-order valence-corrected chi connectivity index (χ1v) is 9.28. The first-order chi connectivity index (χ1) is 13.5. The highest BCUT2D eigenvalue weighted by atomic mass is 16.3. The van der Waals surface area contributed by atoms with Crippen LogP contribution in [0.5, 0.6) is 0 Å². The number of aromatic nitrogens is 4. The van der Waals surface area contributed by atoms with Crippen LogP contribution in [0, 0.1) is 13.8 Å². The van der Waals surface area contributed by atoms with Gasteiger partial charge in [0.2, 0.25) is 0 Å². The minimum absolute atomic E-state index is 0.0858. The van der Waals surface area contributed by atoms with Crippen molar-refractivity contribution >= 4 is 11.0 Å². The Hall–Kier alpha value is -3.35. The third-order valence-electron chi connectivity index (χ3n) is 4.93. The van der Waals surface area contributed by atoms with Crippen molar-refractivity contribution in [3.8, 4) is 0 Å². The van der Waals surface area contributed by atoms with Crippen LogP contribution in [0.4, 0.5) is 0 Å². The quantitative estimate of drug-likeness (QED) is 0.535. The van der Waals surface area contributed by atoms with Crippen LogP contribution in [0.15, 0.2) is 56.7 Å². The molecule has 7 heteroatoms. The van der Waals surface area contributed by atoms with Crippen molar-refractivity contribution in [3.63, 3.8) is 0 Å². The molecule has 144 valence electrons. The summed E-state index contributed by atoms with van der Waals surface area (Å²) >= 11 is 0. The summed E-state index contributed by atoms with van der Waals surface area (Å²) in [6.07, 6.45) is 1.53. The number of nitrogens with zero attached hydrogens (tertiary/aromatic N) is 4. The third-order valence-corrected chi connectivity index (χ3v) is 4.93. The van der Waals surface area contributed by atoms with E-state index < -0.39 is 0 Å². The second kappa shape index (κ2) is 6.99. The lowest BCUT2D eigenvalue weighted by Gasteiger charge is -2.13. The highest BCUT2D eigenvalue weighted by molar-refractivity contribution is 5.77. The van der Waals surface area contributed by atoms with Crippen molar-refractivity contribution in [3.05, 3.63) is 86.1 Å². The molecule has 3 heterocycles. The Labute approximate surface area is 161 Å². The molecule has 0 amide bonds. The summed E-state index contributed by atoms with van der Waals surface area (Å²) in [6.45, 7) is 6.77. The van der Waals surface area contributed by atoms with Crippen LogP contribution in [0.1, 0.15) is 29.5 Å². The highest BCUT2D eigenvalue weighted by Crippen LogP contribution is 2.16. The van der Waals surface area contributed by atoms with E-state index in [1.54, 1.807) is 21.4 Å². The minimum Gasteiger partial charge on any atom is -0.467 e. The molecule has 1 aromatic carbocycles. The Bertz CT molecular complexity index is 1240. The summed E-state index contributed by atoms with van der Waals surface area (Å²) in [5.41, 5.74) is 3.13.